The highest BCUT2D eigenvalue weighted by Crippen LogP contribution is 2.10. The summed E-state index contributed by atoms with van der Waals surface area (Å²) in [6, 6.07) is 1.18. The fraction of sp³-hybridized carbons (Fsp3) is 1.00. The van der Waals surface area contributed by atoms with E-state index < -0.39 is 0 Å². The van der Waals surface area contributed by atoms with Gasteiger partial charge in [0.15, 0.2) is 0 Å². The molecular formula is C13H26N2O2. The minimum Gasteiger partial charge on any atom is -0.377 e. The Balaban J connectivity index is 1.61. The molecule has 1 N–H and O–H groups in total. The highest BCUT2D eigenvalue weighted by molar-refractivity contribution is 4.76. The van der Waals surface area contributed by atoms with E-state index in [1.807, 2.05) is 0 Å². The van der Waals surface area contributed by atoms with E-state index in [2.05, 4.69) is 24.1 Å². The van der Waals surface area contributed by atoms with Crippen molar-refractivity contribution >= 4 is 0 Å². The van der Waals surface area contributed by atoms with E-state index in [4.69, 9.17) is 9.47 Å². The number of ether oxygens (including phenoxy) is 2. The van der Waals surface area contributed by atoms with Gasteiger partial charge in [0.1, 0.15) is 0 Å². The van der Waals surface area contributed by atoms with Crippen molar-refractivity contribution in [3.8, 4) is 0 Å². The van der Waals surface area contributed by atoms with Crippen LogP contribution in [0.2, 0.25) is 0 Å². The lowest BCUT2D eigenvalue weighted by atomic mass is 10.2. The molecule has 4 heteroatoms. The SMILES string of the molecule is CC(C)N1CCOC(COCC2CCCN2)C1. The van der Waals surface area contributed by atoms with Crippen LogP contribution in [0, 0.1) is 0 Å². The van der Waals surface area contributed by atoms with Gasteiger partial charge in [-0.05, 0) is 33.2 Å². The van der Waals surface area contributed by atoms with Gasteiger partial charge in [-0.25, -0.2) is 0 Å². The second kappa shape index (κ2) is 6.69. The highest BCUT2D eigenvalue weighted by Gasteiger charge is 2.23. The number of morpholine rings is 1. The van der Waals surface area contributed by atoms with Crippen LogP contribution in [0.15, 0.2) is 0 Å². The van der Waals surface area contributed by atoms with Crippen LogP contribution in [0.1, 0.15) is 26.7 Å². The molecule has 0 saturated carbocycles. The molecule has 2 saturated heterocycles. The van der Waals surface area contributed by atoms with Gasteiger partial charge >= 0.3 is 0 Å². The minimum atomic E-state index is 0.257. The van der Waals surface area contributed by atoms with Gasteiger partial charge in [0, 0.05) is 25.2 Å². The van der Waals surface area contributed by atoms with Crippen molar-refractivity contribution in [3.05, 3.63) is 0 Å². The fourth-order valence-corrected chi connectivity index (χ4v) is 2.55. The smallest absolute Gasteiger partial charge is 0.0935 e. The molecule has 0 spiro atoms. The molecule has 100 valence electrons. The van der Waals surface area contributed by atoms with Crippen LogP contribution < -0.4 is 5.32 Å². The van der Waals surface area contributed by atoms with Crippen molar-refractivity contribution < 1.29 is 9.47 Å². The minimum absolute atomic E-state index is 0.257. The predicted molar refractivity (Wildman–Crippen MR) is 68.3 cm³/mol. The maximum absolute atomic E-state index is 5.77. The highest BCUT2D eigenvalue weighted by atomic mass is 16.5. The average Bonchev–Trinajstić information content (AvgIpc) is 2.82. The van der Waals surface area contributed by atoms with Crippen LogP contribution in [-0.4, -0.2) is 62.5 Å². The molecule has 2 rings (SSSR count). The lowest BCUT2D eigenvalue weighted by molar-refractivity contribution is -0.0775. The molecule has 17 heavy (non-hydrogen) atoms. The third-order valence-corrected chi connectivity index (χ3v) is 3.69. The Bertz CT molecular complexity index is 217. The summed E-state index contributed by atoms with van der Waals surface area (Å²) in [6.45, 7) is 10.1. The Hall–Kier alpha value is -0.160. The van der Waals surface area contributed by atoms with E-state index in [1.54, 1.807) is 0 Å². The summed E-state index contributed by atoms with van der Waals surface area (Å²) in [5, 5.41) is 3.45. The number of hydrogen-bond donors (Lipinski definition) is 1. The van der Waals surface area contributed by atoms with Crippen LogP contribution in [0.25, 0.3) is 0 Å². The van der Waals surface area contributed by atoms with Crippen molar-refractivity contribution in [2.24, 2.45) is 0 Å². The molecule has 0 aromatic heterocycles. The summed E-state index contributed by atoms with van der Waals surface area (Å²) in [5.41, 5.74) is 0. The molecule has 0 aromatic carbocycles. The summed E-state index contributed by atoms with van der Waals surface area (Å²) >= 11 is 0. The molecule has 4 nitrogen and oxygen atoms in total. The number of rotatable bonds is 5. The quantitative estimate of drug-likeness (QED) is 0.775. The van der Waals surface area contributed by atoms with Gasteiger partial charge in [0.25, 0.3) is 0 Å². The van der Waals surface area contributed by atoms with E-state index >= 15 is 0 Å². The third-order valence-electron chi connectivity index (χ3n) is 3.69. The van der Waals surface area contributed by atoms with E-state index in [9.17, 15) is 0 Å². The Kier molecular flexibility index (Phi) is 5.22. The van der Waals surface area contributed by atoms with Crippen molar-refractivity contribution in [3.63, 3.8) is 0 Å². The zero-order valence-corrected chi connectivity index (χ0v) is 11.2. The van der Waals surface area contributed by atoms with Crippen molar-refractivity contribution in [2.45, 2.75) is 44.9 Å². The predicted octanol–water partition coefficient (Wildman–Crippen LogP) is 0.864. The molecule has 2 aliphatic heterocycles. The van der Waals surface area contributed by atoms with E-state index in [0.29, 0.717) is 12.1 Å². The average molecular weight is 242 g/mol. The van der Waals surface area contributed by atoms with Crippen LogP contribution in [0.3, 0.4) is 0 Å². The summed E-state index contributed by atoms with van der Waals surface area (Å²) in [5.74, 6) is 0. The van der Waals surface area contributed by atoms with E-state index in [0.717, 1.165) is 39.5 Å². The summed E-state index contributed by atoms with van der Waals surface area (Å²) < 4.78 is 11.5. The largest absolute Gasteiger partial charge is 0.377 e. The first-order valence-corrected chi connectivity index (χ1v) is 6.92. The second-order valence-electron chi connectivity index (χ2n) is 5.41. The zero-order chi connectivity index (χ0) is 12.1. The maximum atomic E-state index is 5.77. The molecule has 2 aliphatic rings. The van der Waals surface area contributed by atoms with Gasteiger partial charge in [-0.15, -0.1) is 0 Å². The zero-order valence-electron chi connectivity index (χ0n) is 11.2. The molecule has 0 bridgehead atoms. The fourth-order valence-electron chi connectivity index (χ4n) is 2.55. The number of hydrogen-bond acceptors (Lipinski definition) is 4. The standard InChI is InChI=1S/C13H26N2O2/c1-11(2)15-6-7-17-13(8-15)10-16-9-12-4-3-5-14-12/h11-14H,3-10H2,1-2H3. The van der Waals surface area contributed by atoms with Gasteiger partial charge in [-0.1, -0.05) is 0 Å². The Labute approximate surface area is 105 Å². The third kappa shape index (κ3) is 4.21. The first-order chi connectivity index (χ1) is 8.25. The molecule has 0 aromatic rings. The molecule has 2 unspecified atom stereocenters. The summed E-state index contributed by atoms with van der Waals surface area (Å²) in [4.78, 5) is 2.46. The maximum Gasteiger partial charge on any atom is 0.0935 e. The Morgan fingerprint density at radius 1 is 1.41 bits per heavy atom. The molecule has 2 fully saturated rings. The van der Waals surface area contributed by atoms with Crippen LogP contribution in [-0.2, 0) is 9.47 Å². The molecule has 0 aliphatic carbocycles. The first kappa shape index (κ1) is 13.3. The van der Waals surface area contributed by atoms with Crippen molar-refractivity contribution in [2.75, 3.05) is 39.5 Å². The van der Waals surface area contributed by atoms with Crippen molar-refractivity contribution in [1.82, 2.24) is 10.2 Å². The summed E-state index contributed by atoms with van der Waals surface area (Å²) in [7, 11) is 0. The van der Waals surface area contributed by atoms with Crippen molar-refractivity contribution in [1.29, 1.82) is 0 Å². The first-order valence-electron chi connectivity index (χ1n) is 6.92. The van der Waals surface area contributed by atoms with Crippen LogP contribution in [0.5, 0.6) is 0 Å². The second-order valence-corrected chi connectivity index (χ2v) is 5.41. The van der Waals surface area contributed by atoms with Gasteiger partial charge in [0.2, 0.25) is 0 Å². The van der Waals surface area contributed by atoms with Gasteiger partial charge in [0.05, 0.1) is 25.9 Å². The van der Waals surface area contributed by atoms with Crippen LogP contribution in [0.4, 0.5) is 0 Å². The summed E-state index contributed by atoms with van der Waals surface area (Å²) in [6.07, 6.45) is 2.80. The molecule has 2 heterocycles. The monoisotopic (exact) mass is 242 g/mol. The number of nitrogens with zero attached hydrogens (tertiary/aromatic N) is 1. The lowest BCUT2D eigenvalue weighted by Gasteiger charge is -2.35. The van der Waals surface area contributed by atoms with E-state index in [-0.39, 0.29) is 6.10 Å². The van der Waals surface area contributed by atoms with Gasteiger partial charge < -0.3 is 14.8 Å². The van der Waals surface area contributed by atoms with Gasteiger partial charge in [-0.3, -0.25) is 4.90 Å². The Morgan fingerprint density at radius 2 is 2.29 bits per heavy atom. The molecule has 0 amide bonds. The topological polar surface area (TPSA) is 33.7 Å². The molecule has 2 atom stereocenters. The van der Waals surface area contributed by atoms with Gasteiger partial charge in [-0.2, -0.15) is 0 Å². The van der Waals surface area contributed by atoms with Crippen LogP contribution >= 0.6 is 0 Å². The molecular weight excluding hydrogens is 216 g/mol. The normalized spacial score (nSPS) is 31.2. The Morgan fingerprint density at radius 3 is 3.00 bits per heavy atom. The molecule has 0 radical (unpaired) electrons. The van der Waals surface area contributed by atoms with E-state index in [1.165, 1.54) is 12.8 Å². The lowest BCUT2D eigenvalue weighted by Crippen LogP contribution is -2.47. The number of nitrogens with one attached hydrogen (secondary N) is 1.